The first kappa shape index (κ1) is 14.7. The Kier molecular flexibility index (Phi) is 5.18. The zero-order valence-electron chi connectivity index (χ0n) is 10.7. The van der Waals surface area contributed by atoms with Gasteiger partial charge in [-0.05, 0) is 65.5 Å². The van der Waals surface area contributed by atoms with Crippen LogP contribution >= 0.6 is 38.5 Å². The summed E-state index contributed by atoms with van der Waals surface area (Å²) >= 11 is 5.91. The molecular formula is C14H14BrIN2O. The summed E-state index contributed by atoms with van der Waals surface area (Å²) in [4.78, 5) is 4.46. The number of methoxy groups -OCH3 is 1. The molecule has 0 spiro atoms. The van der Waals surface area contributed by atoms with E-state index in [1.807, 2.05) is 19.2 Å². The van der Waals surface area contributed by atoms with E-state index in [9.17, 15) is 0 Å². The summed E-state index contributed by atoms with van der Waals surface area (Å²) < 4.78 is 7.64. The lowest BCUT2D eigenvalue weighted by Gasteiger charge is -2.20. The number of aromatic nitrogens is 1. The molecule has 0 saturated carbocycles. The summed E-state index contributed by atoms with van der Waals surface area (Å²) in [5.74, 6) is 0.785. The molecule has 3 nitrogen and oxygen atoms in total. The van der Waals surface area contributed by atoms with Gasteiger partial charge < -0.3 is 10.1 Å². The third kappa shape index (κ3) is 3.27. The Morgan fingerprint density at radius 2 is 2.16 bits per heavy atom. The van der Waals surface area contributed by atoms with Gasteiger partial charge in [0.2, 0.25) is 0 Å². The third-order valence-electron chi connectivity index (χ3n) is 2.85. The van der Waals surface area contributed by atoms with Crippen LogP contribution in [0.1, 0.15) is 17.3 Å². The van der Waals surface area contributed by atoms with Gasteiger partial charge in [0.05, 0.1) is 13.2 Å². The van der Waals surface area contributed by atoms with Crippen molar-refractivity contribution in [3.63, 3.8) is 0 Å². The first-order chi connectivity index (χ1) is 9.17. The Balaban J connectivity index is 2.53. The number of hydrogen-bond acceptors (Lipinski definition) is 3. The Labute approximate surface area is 135 Å². The molecule has 5 heteroatoms. The molecule has 1 atom stereocenters. The van der Waals surface area contributed by atoms with Crippen LogP contribution in [0.4, 0.5) is 0 Å². The Bertz CT molecular complexity index is 577. The van der Waals surface area contributed by atoms with Crippen LogP contribution in [-0.4, -0.2) is 19.1 Å². The van der Waals surface area contributed by atoms with Gasteiger partial charge in [0.15, 0.2) is 0 Å². The van der Waals surface area contributed by atoms with E-state index in [-0.39, 0.29) is 6.04 Å². The van der Waals surface area contributed by atoms with Crippen LogP contribution in [-0.2, 0) is 0 Å². The van der Waals surface area contributed by atoms with E-state index in [0.29, 0.717) is 0 Å². The zero-order chi connectivity index (χ0) is 13.8. The van der Waals surface area contributed by atoms with Crippen LogP contribution in [0.15, 0.2) is 41.0 Å². The predicted molar refractivity (Wildman–Crippen MR) is 88.6 cm³/mol. The van der Waals surface area contributed by atoms with Crippen molar-refractivity contribution in [3.8, 4) is 5.75 Å². The maximum atomic E-state index is 5.40. The van der Waals surface area contributed by atoms with Crippen LogP contribution in [0.25, 0.3) is 0 Å². The van der Waals surface area contributed by atoms with Crippen molar-refractivity contribution in [1.29, 1.82) is 0 Å². The lowest BCUT2D eigenvalue weighted by atomic mass is 10.0. The number of rotatable bonds is 4. The van der Waals surface area contributed by atoms with E-state index < -0.39 is 0 Å². The van der Waals surface area contributed by atoms with Crippen molar-refractivity contribution in [3.05, 3.63) is 55.8 Å². The number of ether oxygens (including phenoxy) is 1. The monoisotopic (exact) mass is 432 g/mol. The summed E-state index contributed by atoms with van der Waals surface area (Å²) in [6.07, 6.45) is 1.78. The van der Waals surface area contributed by atoms with Gasteiger partial charge in [0.25, 0.3) is 0 Å². The Hall–Kier alpha value is -0.660. The maximum absolute atomic E-state index is 5.40. The van der Waals surface area contributed by atoms with E-state index in [1.165, 1.54) is 3.57 Å². The molecule has 0 bridgehead atoms. The standard InChI is InChI=1S/C14H14BrIN2O/c1-17-13(10-8-9(16)5-6-11(10)15)14-12(19-2)4-3-7-18-14/h3-8,13,17H,1-2H3. The predicted octanol–water partition coefficient (Wildman–Crippen LogP) is 3.77. The first-order valence-electron chi connectivity index (χ1n) is 5.78. The van der Waals surface area contributed by atoms with Gasteiger partial charge >= 0.3 is 0 Å². The van der Waals surface area contributed by atoms with Gasteiger partial charge in [-0.3, -0.25) is 4.98 Å². The highest BCUT2D eigenvalue weighted by molar-refractivity contribution is 14.1. The summed E-state index contributed by atoms with van der Waals surface area (Å²) in [5.41, 5.74) is 2.03. The molecule has 0 aliphatic carbocycles. The van der Waals surface area contributed by atoms with E-state index in [4.69, 9.17) is 4.74 Å². The number of pyridine rings is 1. The highest BCUT2D eigenvalue weighted by Gasteiger charge is 2.20. The molecule has 100 valence electrons. The summed E-state index contributed by atoms with van der Waals surface area (Å²) in [5, 5.41) is 3.30. The van der Waals surface area contributed by atoms with Crippen molar-refractivity contribution in [1.82, 2.24) is 10.3 Å². The van der Waals surface area contributed by atoms with E-state index in [2.05, 4.69) is 67.0 Å². The second-order valence-electron chi connectivity index (χ2n) is 3.98. The number of nitrogens with one attached hydrogen (secondary N) is 1. The van der Waals surface area contributed by atoms with Crippen molar-refractivity contribution in [2.24, 2.45) is 0 Å². The molecule has 1 aromatic heterocycles. The van der Waals surface area contributed by atoms with E-state index in [0.717, 1.165) is 21.5 Å². The van der Waals surface area contributed by atoms with E-state index in [1.54, 1.807) is 13.3 Å². The highest BCUT2D eigenvalue weighted by Crippen LogP contribution is 2.32. The summed E-state index contributed by atoms with van der Waals surface area (Å²) in [6, 6.07) is 10.0. The van der Waals surface area contributed by atoms with Gasteiger partial charge in [-0.1, -0.05) is 15.9 Å². The summed E-state index contributed by atoms with van der Waals surface area (Å²) in [7, 11) is 3.59. The van der Waals surface area contributed by atoms with Crippen LogP contribution < -0.4 is 10.1 Å². The van der Waals surface area contributed by atoms with Crippen LogP contribution in [0.3, 0.4) is 0 Å². The third-order valence-corrected chi connectivity index (χ3v) is 4.24. The highest BCUT2D eigenvalue weighted by atomic mass is 127. The fourth-order valence-corrected chi connectivity index (χ4v) is 2.96. The molecule has 1 N–H and O–H groups in total. The summed E-state index contributed by atoms with van der Waals surface area (Å²) in [6.45, 7) is 0. The fraction of sp³-hybridized carbons (Fsp3) is 0.214. The average molecular weight is 433 g/mol. The van der Waals surface area contributed by atoms with E-state index >= 15 is 0 Å². The average Bonchev–Trinajstić information content (AvgIpc) is 2.44. The maximum Gasteiger partial charge on any atom is 0.142 e. The molecule has 2 rings (SSSR count). The molecule has 1 heterocycles. The van der Waals surface area contributed by atoms with Gasteiger partial charge in [-0.2, -0.15) is 0 Å². The lowest BCUT2D eigenvalue weighted by molar-refractivity contribution is 0.401. The smallest absolute Gasteiger partial charge is 0.142 e. The minimum Gasteiger partial charge on any atom is -0.495 e. The molecule has 0 radical (unpaired) electrons. The van der Waals surface area contributed by atoms with Gasteiger partial charge in [0.1, 0.15) is 11.4 Å². The second kappa shape index (κ2) is 6.67. The SMILES string of the molecule is CNC(c1cc(I)ccc1Br)c1ncccc1OC. The fourth-order valence-electron chi connectivity index (χ4n) is 1.97. The van der Waals surface area contributed by atoms with Crippen LogP contribution in [0, 0.1) is 3.57 Å². The molecule has 19 heavy (non-hydrogen) atoms. The Morgan fingerprint density at radius 3 is 2.84 bits per heavy atom. The Morgan fingerprint density at radius 1 is 1.37 bits per heavy atom. The molecular weight excluding hydrogens is 419 g/mol. The molecule has 0 fully saturated rings. The normalized spacial score (nSPS) is 12.2. The molecule has 0 saturated heterocycles. The van der Waals surface area contributed by atoms with Crippen molar-refractivity contribution in [2.75, 3.05) is 14.2 Å². The topological polar surface area (TPSA) is 34.2 Å². The number of benzene rings is 1. The van der Waals surface area contributed by atoms with Gasteiger partial charge in [-0.15, -0.1) is 0 Å². The molecule has 1 aromatic carbocycles. The zero-order valence-corrected chi connectivity index (χ0v) is 14.4. The quantitative estimate of drug-likeness (QED) is 0.747. The molecule has 1 unspecified atom stereocenters. The lowest BCUT2D eigenvalue weighted by Crippen LogP contribution is -2.20. The molecule has 0 aliphatic rings. The van der Waals surface area contributed by atoms with Crippen LogP contribution in [0.5, 0.6) is 5.75 Å². The number of nitrogens with zero attached hydrogens (tertiary/aromatic N) is 1. The van der Waals surface area contributed by atoms with Gasteiger partial charge in [-0.25, -0.2) is 0 Å². The molecule has 2 aromatic rings. The minimum atomic E-state index is -0.0137. The minimum absolute atomic E-state index is 0.0137. The number of hydrogen-bond donors (Lipinski definition) is 1. The van der Waals surface area contributed by atoms with Crippen molar-refractivity contribution < 1.29 is 4.74 Å². The first-order valence-corrected chi connectivity index (χ1v) is 7.65. The van der Waals surface area contributed by atoms with Crippen LogP contribution in [0.2, 0.25) is 0 Å². The van der Waals surface area contributed by atoms with Crippen molar-refractivity contribution in [2.45, 2.75) is 6.04 Å². The molecule has 0 aliphatic heterocycles. The number of halogens is 2. The van der Waals surface area contributed by atoms with Crippen molar-refractivity contribution >= 4 is 38.5 Å². The molecule has 0 amide bonds. The van der Waals surface area contributed by atoms with Gasteiger partial charge in [0, 0.05) is 14.2 Å². The largest absolute Gasteiger partial charge is 0.495 e. The second-order valence-corrected chi connectivity index (χ2v) is 6.08.